The van der Waals surface area contributed by atoms with Gasteiger partial charge in [-0.15, -0.1) is 0 Å². The predicted molar refractivity (Wildman–Crippen MR) is 77.5 cm³/mol. The lowest BCUT2D eigenvalue weighted by Gasteiger charge is -2.13. The molecular weight excluding hydrogens is 234 g/mol. The molecule has 0 bridgehead atoms. The fourth-order valence-electron chi connectivity index (χ4n) is 2.42. The Bertz CT molecular complexity index is 555. The summed E-state index contributed by atoms with van der Waals surface area (Å²) in [5.74, 6) is 0.409. The highest BCUT2D eigenvalue weighted by Crippen LogP contribution is 2.23. The van der Waals surface area contributed by atoms with Crippen LogP contribution in [0.2, 0.25) is 0 Å². The Kier molecular flexibility index (Phi) is 4.10. The molecule has 1 aromatic heterocycles. The Hall–Kier alpha value is -1.96. The summed E-state index contributed by atoms with van der Waals surface area (Å²) in [4.78, 5) is 16.6. The van der Waals surface area contributed by atoms with Gasteiger partial charge in [0.1, 0.15) is 0 Å². The fraction of sp³-hybridized carbons (Fsp3) is 0.294. The van der Waals surface area contributed by atoms with Crippen LogP contribution >= 0.6 is 0 Å². The van der Waals surface area contributed by atoms with Crippen molar-refractivity contribution in [3.05, 3.63) is 65.0 Å². The number of benzene rings is 1. The minimum atomic E-state index is 0.195. The van der Waals surface area contributed by atoms with Crippen LogP contribution in [-0.4, -0.2) is 10.8 Å². The molecule has 0 fully saturated rings. The maximum Gasteiger partial charge on any atom is 0.164 e. The van der Waals surface area contributed by atoms with E-state index in [1.54, 1.807) is 6.20 Å². The van der Waals surface area contributed by atoms with Crippen LogP contribution in [0.1, 0.15) is 46.3 Å². The molecular formula is C17H19NO. The third-order valence-electron chi connectivity index (χ3n) is 3.50. The minimum absolute atomic E-state index is 0.195. The van der Waals surface area contributed by atoms with E-state index in [0.29, 0.717) is 6.42 Å². The quantitative estimate of drug-likeness (QED) is 0.769. The summed E-state index contributed by atoms with van der Waals surface area (Å²) < 4.78 is 0. The number of aromatic nitrogens is 1. The van der Waals surface area contributed by atoms with E-state index in [1.807, 2.05) is 50.4 Å². The van der Waals surface area contributed by atoms with Crippen LogP contribution in [0, 0.1) is 13.8 Å². The van der Waals surface area contributed by atoms with Crippen LogP contribution in [0.15, 0.2) is 42.7 Å². The average molecular weight is 253 g/mol. The highest BCUT2D eigenvalue weighted by atomic mass is 16.1. The molecule has 1 unspecified atom stereocenters. The van der Waals surface area contributed by atoms with Gasteiger partial charge in [-0.3, -0.25) is 9.78 Å². The molecule has 0 saturated heterocycles. The van der Waals surface area contributed by atoms with Crippen molar-refractivity contribution >= 4 is 5.78 Å². The van der Waals surface area contributed by atoms with E-state index in [9.17, 15) is 4.79 Å². The van der Waals surface area contributed by atoms with Gasteiger partial charge >= 0.3 is 0 Å². The molecule has 2 rings (SSSR count). The summed E-state index contributed by atoms with van der Waals surface area (Å²) in [7, 11) is 0. The van der Waals surface area contributed by atoms with Crippen molar-refractivity contribution in [3.63, 3.8) is 0 Å². The number of aryl methyl sites for hydroxylation is 2. The summed E-state index contributed by atoms with van der Waals surface area (Å²) in [5.41, 5.74) is 4.10. The van der Waals surface area contributed by atoms with Gasteiger partial charge in [0, 0.05) is 24.4 Å². The van der Waals surface area contributed by atoms with Crippen LogP contribution < -0.4 is 0 Å². The Morgan fingerprint density at radius 2 is 1.84 bits per heavy atom. The van der Waals surface area contributed by atoms with E-state index in [2.05, 4.69) is 11.9 Å². The molecule has 2 nitrogen and oxygen atoms in total. The number of carbonyl (C=O) groups excluding carboxylic acids is 1. The molecule has 0 aliphatic carbocycles. The Morgan fingerprint density at radius 3 is 2.42 bits per heavy atom. The number of carbonyl (C=O) groups is 1. The number of ketones is 1. The van der Waals surface area contributed by atoms with E-state index >= 15 is 0 Å². The molecule has 2 aromatic rings. The lowest BCUT2D eigenvalue weighted by molar-refractivity contribution is 0.0974. The summed E-state index contributed by atoms with van der Waals surface area (Å²) >= 11 is 0. The van der Waals surface area contributed by atoms with Crippen LogP contribution in [0.25, 0.3) is 0 Å². The molecule has 2 heteroatoms. The van der Waals surface area contributed by atoms with Crippen LogP contribution in [0.5, 0.6) is 0 Å². The molecule has 0 N–H and O–H groups in total. The minimum Gasteiger partial charge on any atom is -0.294 e. The summed E-state index contributed by atoms with van der Waals surface area (Å²) in [6.07, 6.45) is 4.11. The molecule has 0 aliphatic heterocycles. The summed E-state index contributed by atoms with van der Waals surface area (Å²) in [6.45, 7) is 6.06. The number of rotatable bonds is 4. The lowest BCUT2D eigenvalue weighted by atomic mass is 9.90. The maximum absolute atomic E-state index is 12.4. The lowest BCUT2D eigenvalue weighted by Crippen LogP contribution is -2.08. The van der Waals surface area contributed by atoms with Gasteiger partial charge in [-0.2, -0.15) is 0 Å². The van der Waals surface area contributed by atoms with Gasteiger partial charge in [-0.05, 0) is 42.5 Å². The first-order valence-corrected chi connectivity index (χ1v) is 6.59. The zero-order valence-corrected chi connectivity index (χ0v) is 11.7. The second kappa shape index (κ2) is 5.79. The summed E-state index contributed by atoms with van der Waals surface area (Å²) in [6, 6.07) is 9.92. The predicted octanol–water partition coefficient (Wildman–Crippen LogP) is 4.07. The van der Waals surface area contributed by atoms with Crippen molar-refractivity contribution in [1.82, 2.24) is 4.98 Å². The van der Waals surface area contributed by atoms with E-state index in [0.717, 1.165) is 22.3 Å². The molecule has 0 radical (unpaired) electrons. The van der Waals surface area contributed by atoms with Crippen molar-refractivity contribution in [2.24, 2.45) is 0 Å². The van der Waals surface area contributed by atoms with Gasteiger partial charge in [-0.1, -0.05) is 31.2 Å². The van der Waals surface area contributed by atoms with Gasteiger partial charge in [-0.25, -0.2) is 0 Å². The molecule has 1 atom stereocenters. The largest absolute Gasteiger partial charge is 0.294 e. The first kappa shape index (κ1) is 13.5. The second-order valence-electron chi connectivity index (χ2n) is 5.08. The third-order valence-corrected chi connectivity index (χ3v) is 3.50. The smallest absolute Gasteiger partial charge is 0.164 e. The van der Waals surface area contributed by atoms with Crippen molar-refractivity contribution in [2.45, 2.75) is 33.1 Å². The van der Waals surface area contributed by atoms with Gasteiger partial charge < -0.3 is 0 Å². The highest BCUT2D eigenvalue weighted by molar-refractivity contribution is 5.99. The first-order chi connectivity index (χ1) is 9.09. The number of Topliss-reactive ketones (excluding diaryl/α,β-unsaturated/α-hetero) is 1. The first-order valence-electron chi connectivity index (χ1n) is 6.59. The average Bonchev–Trinajstić information content (AvgIpc) is 2.39. The second-order valence-corrected chi connectivity index (χ2v) is 5.08. The number of pyridine rings is 1. The van der Waals surface area contributed by atoms with Crippen LogP contribution in [0.4, 0.5) is 0 Å². The number of hydrogen-bond donors (Lipinski definition) is 0. The van der Waals surface area contributed by atoms with E-state index < -0.39 is 0 Å². The van der Waals surface area contributed by atoms with E-state index in [1.165, 1.54) is 0 Å². The fourth-order valence-corrected chi connectivity index (χ4v) is 2.42. The molecule has 0 spiro atoms. The van der Waals surface area contributed by atoms with Gasteiger partial charge in [0.25, 0.3) is 0 Å². The molecule has 0 saturated carbocycles. The standard InChI is InChI=1S/C17H19NO/c1-12-6-4-7-13(2)17(12)16(19)10-14(3)15-8-5-9-18-11-15/h4-9,11,14H,10H2,1-3H3. The van der Waals surface area contributed by atoms with Crippen molar-refractivity contribution in [1.29, 1.82) is 0 Å². The maximum atomic E-state index is 12.4. The van der Waals surface area contributed by atoms with Crippen molar-refractivity contribution in [2.75, 3.05) is 0 Å². The highest BCUT2D eigenvalue weighted by Gasteiger charge is 2.16. The third kappa shape index (κ3) is 3.08. The van der Waals surface area contributed by atoms with E-state index in [-0.39, 0.29) is 11.7 Å². The SMILES string of the molecule is Cc1cccc(C)c1C(=O)CC(C)c1cccnc1. The van der Waals surface area contributed by atoms with Gasteiger partial charge in [0.15, 0.2) is 5.78 Å². The Morgan fingerprint density at radius 1 is 1.16 bits per heavy atom. The molecule has 19 heavy (non-hydrogen) atoms. The Balaban J connectivity index is 2.18. The number of hydrogen-bond acceptors (Lipinski definition) is 2. The van der Waals surface area contributed by atoms with Gasteiger partial charge in [0.2, 0.25) is 0 Å². The van der Waals surface area contributed by atoms with Crippen LogP contribution in [0.3, 0.4) is 0 Å². The normalized spacial score (nSPS) is 12.2. The van der Waals surface area contributed by atoms with Gasteiger partial charge in [0.05, 0.1) is 0 Å². The topological polar surface area (TPSA) is 30.0 Å². The zero-order chi connectivity index (χ0) is 13.8. The molecule has 0 aliphatic rings. The monoisotopic (exact) mass is 253 g/mol. The van der Waals surface area contributed by atoms with Crippen LogP contribution in [-0.2, 0) is 0 Å². The Labute approximate surface area is 114 Å². The van der Waals surface area contributed by atoms with Crippen molar-refractivity contribution < 1.29 is 4.79 Å². The zero-order valence-electron chi connectivity index (χ0n) is 11.7. The molecule has 98 valence electrons. The molecule has 0 amide bonds. The summed E-state index contributed by atoms with van der Waals surface area (Å²) in [5, 5.41) is 0. The molecule has 1 heterocycles. The number of nitrogens with zero attached hydrogens (tertiary/aromatic N) is 1. The van der Waals surface area contributed by atoms with E-state index in [4.69, 9.17) is 0 Å². The molecule has 1 aromatic carbocycles. The van der Waals surface area contributed by atoms with Crippen molar-refractivity contribution in [3.8, 4) is 0 Å².